The van der Waals surface area contributed by atoms with Crippen LogP contribution in [0.25, 0.3) is 22.5 Å². The number of hydrogen-bond acceptors (Lipinski definition) is 5. The summed E-state index contributed by atoms with van der Waals surface area (Å²) in [5, 5.41) is 0. The molecule has 0 saturated carbocycles. The summed E-state index contributed by atoms with van der Waals surface area (Å²) in [5.41, 5.74) is 3.57. The first-order valence-electron chi connectivity index (χ1n) is 11.9. The van der Waals surface area contributed by atoms with Gasteiger partial charge < -0.3 is 13.9 Å². The Balaban J connectivity index is 1.74. The van der Waals surface area contributed by atoms with E-state index in [1.165, 1.54) is 0 Å². The van der Waals surface area contributed by atoms with Crippen LogP contribution in [0, 0.1) is 0 Å². The lowest BCUT2D eigenvalue weighted by Gasteiger charge is -2.12. The number of benzene rings is 4. The van der Waals surface area contributed by atoms with Gasteiger partial charge in [-0.15, -0.1) is 11.8 Å². The maximum Gasteiger partial charge on any atom is 0.197 e. The number of ether oxygens (including phenoxy) is 2. The van der Waals surface area contributed by atoms with Crippen molar-refractivity contribution in [3.8, 4) is 33.9 Å². The zero-order valence-electron chi connectivity index (χ0n) is 20.6. The van der Waals surface area contributed by atoms with Crippen molar-refractivity contribution in [2.24, 2.45) is 0 Å². The Bertz CT molecular complexity index is 1490. The number of carbonyl (C=O) groups is 1. The van der Waals surface area contributed by atoms with Gasteiger partial charge in [0.15, 0.2) is 17.3 Å². The van der Waals surface area contributed by atoms with Crippen molar-refractivity contribution in [3.63, 3.8) is 0 Å². The molecule has 1 aromatic heterocycles. The topological polar surface area (TPSA) is 48.7 Å². The van der Waals surface area contributed by atoms with E-state index in [4.69, 9.17) is 13.9 Å². The zero-order valence-corrected chi connectivity index (χ0v) is 21.5. The summed E-state index contributed by atoms with van der Waals surface area (Å²) in [7, 11) is 3.21. The van der Waals surface area contributed by atoms with Crippen LogP contribution in [0.5, 0.6) is 11.5 Å². The summed E-state index contributed by atoms with van der Waals surface area (Å²) in [4.78, 5) is 15.2. The molecule has 0 bridgehead atoms. The van der Waals surface area contributed by atoms with E-state index in [1.54, 1.807) is 26.0 Å². The second-order valence-corrected chi connectivity index (χ2v) is 9.39. The molecule has 0 aliphatic heterocycles. The van der Waals surface area contributed by atoms with Crippen LogP contribution in [0.4, 0.5) is 0 Å². The van der Waals surface area contributed by atoms with Crippen molar-refractivity contribution in [1.82, 2.24) is 0 Å². The molecule has 0 atom stereocenters. The van der Waals surface area contributed by atoms with Crippen LogP contribution in [0.15, 0.2) is 119 Å². The quantitative estimate of drug-likeness (QED) is 0.149. The fraction of sp³-hybridized carbons (Fsp3) is 0.0938. The van der Waals surface area contributed by atoms with Crippen LogP contribution in [0.1, 0.15) is 21.7 Å². The van der Waals surface area contributed by atoms with Crippen molar-refractivity contribution >= 4 is 17.5 Å². The minimum Gasteiger partial charge on any atom is -0.493 e. The average molecular weight is 507 g/mol. The van der Waals surface area contributed by atoms with Crippen molar-refractivity contribution < 1.29 is 18.7 Å². The predicted molar refractivity (Wildman–Crippen MR) is 149 cm³/mol. The largest absolute Gasteiger partial charge is 0.493 e. The number of ketones is 1. The van der Waals surface area contributed by atoms with E-state index in [2.05, 4.69) is 12.1 Å². The molecular formula is C32H26O4S. The smallest absolute Gasteiger partial charge is 0.197 e. The van der Waals surface area contributed by atoms with Gasteiger partial charge in [-0.05, 0) is 29.8 Å². The summed E-state index contributed by atoms with van der Waals surface area (Å²) in [6.45, 7) is 0. The molecule has 0 spiro atoms. The minimum atomic E-state index is -0.0936. The first-order valence-corrected chi connectivity index (χ1v) is 12.9. The van der Waals surface area contributed by atoms with E-state index in [-0.39, 0.29) is 5.78 Å². The highest BCUT2D eigenvalue weighted by atomic mass is 32.2. The Morgan fingerprint density at radius 1 is 0.730 bits per heavy atom. The fourth-order valence-corrected chi connectivity index (χ4v) is 5.14. The molecule has 37 heavy (non-hydrogen) atoms. The third kappa shape index (κ3) is 5.18. The molecule has 0 saturated heterocycles. The van der Waals surface area contributed by atoms with Gasteiger partial charge in [0.05, 0.1) is 25.5 Å². The predicted octanol–water partition coefficient (Wildman–Crippen LogP) is 8.15. The SMILES string of the molecule is COc1ccc(-c2c(CSc3ccccc3)oc(-c3ccccc3)c2C(=O)c2ccccc2)cc1OC. The second-order valence-electron chi connectivity index (χ2n) is 8.34. The van der Waals surface area contributed by atoms with Crippen molar-refractivity contribution in [2.45, 2.75) is 10.6 Å². The maximum absolute atomic E-state index is 14.1. The highest BCUT2D eigenvalue weighted by molar-refractivity contribution is 7.98. The molecule has 0 radical (unpaired) electrons. The van der Waals surface area contributed by atoms with Gasteiger partial charge in [-0.1, -0.05) is 84.9 Å². The van der Waals surface area contributed by atoms with Crippen molar-refractivity contribution in [3.05, 3.63) is 126 Å². The van der Waals surface area contributed by atoms with Crippen molar-refractivity contribution in [1.29, 1.82) is 0 Å². The Morgan fingerprint density at radius 2 is 1.35 bits per heavy atom. The first-order chi connectivity index (χ1) is 18.2. The highest BCUT2D eigenvalue weighted by Crippen LogP contribution is 2.43. The molecule has 0 unspecified atom stereocenters. The fourth-order valence-electron chi connectivity index (χ4n) is 4.29. The van der Waals surface area contributed by atoms with Gasteiger partial charge in [0.1, 0.15) is 11.5 Å². The van der Waals surface area contributed by atoms with Crippen molar-refractivity contribution in [2.75, 3.05) is 14.2 Å². The van der Waals surface area contributed by atoms with Gasteiger partial charge in [-0.2, -0.15) is 0 Å². The Morgan fingerprint density at radius 3 is 2.00 bits per heavy atom. The van der Waals surface area contributed by atoms with E-state index in [9.17, 15) is 4.79 Å². The third-order valence-corrected chi connectivity index (χ3v) is 7.08. The molecule has 4 nitrogen and oxygen atoms in total. The summed E-state index contributed by atoms with van der Waals surface area (Å²) >= 11 is 1.66. The number of furan rings is 1. The van der Waals surface area contributed by atoms with Crippen LogP contribution in [-0.2, 0) is 5.75 Å². The lowest BCUT2D eigenvalue weighted by molar-refractivity contribution is 0.103. The molecule has 5 heteroatoms. The molecule has 0 aliphatic carbocycles. The normalized spacial score (nSPS) is 10.8. The molecule has 0 fully saturated rings. The van der Waals surface area contributed by atoms with E-state index >= 15 is 0 Å². The monoisotopic (exact) mass is 506 g/mol. The molecule has 184 valence electrons. The number of rotatable bonds is 9. The minimum absolute atomic E-state index is 0.0936. The number of thioether (sulfide) groups is 1. The lowest BCUT2D eigenvalue weighted by Crippen LogP contribution is -2.04. The van der Waals surface area contributed by atoms with Crippen LogP contribution in [0.2, 0.25) is 0 Å². The molecule has 0 N–H and O–H groups in total. The molecule has 5 rings (SSSR count). The molecular weight excluding hydrogens is 480 g/mol. The maximum atomic E-state index is 14.1. The van der Waals surface area contributed by atoms with E-state index in [0.717, 1.165) is 27.3 Å². The molecule has 4 aromatic carbocycles. The van der Waals surface area contributed by atoms with Crippen LogP contribution >= 0.6 is 11.8 Å². The van der Waals surface area contributed by atoms with Gasteiger partial charge in [-0.25, -0.2) is 0 Å². The number of carbonyl (C=O) groups excluding carboxylic acids is 1. The van der Waals surface area contributed by atoms with Gasteiger partial charge in [0.2, 0.25) is 0 Å². The molecule has 5 aromatic rings. The van der Waals surface area contributed by atoms with Gasteiger partial charge in [0, 0.05) is 21.6 Å². The van der Waals surface area contributed by atoms with Crippen LogP contribution < -0.4 is 9.47 Å². The average Bonchev–Trinajstić information content (AvgIpc) is 3.36. The Labute approximate surface area is 220 Å². The molecule has 1 heterocycles. The standard InChI is InChI=1S/C32H26O4S/c1-34-26-19-18-24(20-27(26)35-2)29-28(21-37-25-16-10-5-11-17-25)36-32(23-14-8-4-9-15-23)30(29)31(33)22-12-6-3-7-13-22/h3-20H,21H2,1-2H3. The number of hydrogen-bond donors (Lipinski definition) is 0. The highest BCUT2D eigenvalue weighted by Gasteiger charge is 2.29. The lowest BCUT2D eigenvalue weighted by atomic mass is 9.92. The number of methoxy groups -OCH3 is 2. The van der Waals surface area contributed by atoms with Gasteiger partial charge in [-0.3, -0.25) is 4.79 Å². The Kier molecular flexibility index (Phi) is 7.43. The summed E-state index contributed by atoms with van der Waals surface area (Å²) in [5.74, 6) is 2.94. The van der Waals surface area contributed by atoms with E-state index in [0.29, 0.717) is 34.1 Å². The summed E-state index contributed by atoms with van der Waals surface area (Å²) in [6.07, 6.45) is 0. The first kappa shape index (κ1) is 24.5. The third-order valence-electron chi connectivity index (χ3n) is 6.07. The molecule has 0 aliphatic rings. The van der Waals surface area contributed by atoms with E-state index < -0.39 is 0 Å². The zero-order chi connectivity index (χ0) is 25.6. The summed E-state index contributed by atoms with van der Waals surface area (Å²) < 4.78 is 17.6. The second kappa shape index (κ2) is 11.2. The van der Waals surface area contributed by atoms with Gasteiger partial charge in [0.25, 0.3) is 0 Å². The van der Waals surface area contributed by atoms with Gasteiger partial charge >= 0.3 is 0 Å². The Hall–Kier alpha value is -4.22. The summed E-state index contributed by atoms with van der Waals surface area (Å²) in [6, 6.07) is 35.0. The molecule has 0 amide bonds. The van der Waals surface area contributed by atoms with E-state index in [1.807, 2.05) is 97.1 Å². The van der Waals surface area contributed by atoms with Crippen LogP contribution in [-0.4, -0.2) is 20.0 Å². The van der Waals surface area contributed by atoms with Crippen LogP contribution in [0.3, 0.4) is 0 Å².